The van der Waals surface area contributed by atoms with E-state index in [4.69, 9.17) is 0 Å². The molecule has 1 N–H and O–H groups in total. The van der Waals surface area contributed by atoms with E-state index >= 15 is 0 Å². The van der Waals surface area contributed by atoms with Gasteiger partial charge in [0, 0.05) is 12.4 Å². The third-order valence-corrected chi connectivity index (χ3v) is 5.20. The Labute approximate surface area is 154 Å². The number of carbonyl (C=O) groups excluding carboxylic acids is 1. The summed E-state index contributed by atoms with van der Waals surface area (Å²) in [5, 5.41) is 7.75. The van der Waals surface area contributed by atoms with Crippen molar-refractivity contribution < 1.29 is 4.79 Å². The van der Waals surface area contributed by atoms with E-state index in [-0.39, 0.29) is 23.6 Å². The zero-order valence-electron chi connectivity index (χ0n) is 15.3. The van der Waals surface area contributed by atoms with Gasteiger partial charge in [0.15, 0.2) is 0 Å². The van der Waals surface area contributed by atoms with Crippen LogP contribution in [-0.4, -0.2) is 30.6 Å². The molecule has 0 saturated heterocycles. The molecule has 4 rings (SSSR count). The van der Waals surface area contributed by atoms with Gasteiger partial charge in [-0.1, -0.05) is 18.2 Å². The molecule has 8 nitrogen and oxygen atoms in total. The highest BCUT2D eigenvalue weighted by molar-refractivity contribution is 5.91. The van der Waals surface area contributed by atoms with Crippen molar-refractivity contribution in [1.82, 2.24) is 24.6 Å². The molecule has 3 heterocycles. The first kappa shape index (κ1) is 17.1. The first-order valence-electron chi connectivity index (χ1n) is 8.70. The number of H-pyrrole nitrogens is 1. The Kier molecular flexibility index (Phi) is 3.91. The molecule has 27 heavy (non-hydrogen) atoms. The summed E-state index contributed by atoms with van der Waals surface area (Å²) in [4.78, 5) is 43.5. The van der Waals surface area contributed by atoms with Gasteiger partial charge in [0.05, 0.1) is 41.3 Å². The number of carbonyl (C=O) groups is 1. The molecule has 0 unspecified atom stereocenters. The van der Waals surface area contributed by atoms with Crippen LogP contribution in [0.3, 0.4) is 0 Å². The summed E-state index contributed by atoms with van der Waals surface area (Å²) < 4.78 is 1.49. The second kappa shape index (κ2) is 6.15. The summed E-state index contributed by atoms with van der Waals surface area (Å²) in [6.07, 6.45) is 0. The quantitative estimate of drug-likeness (QED) is 0.729. The van der Waals surface area contributed by atoms with Gasteiger partial charge in [-0.3, -0.25) is 19.0 Å². The molecule has 1 amide bonds. The van der Waals surface area contributed by atoms with Crippen molar-refractivity contribution in [1.29, 1.82) is 0 Å². The lowest BCUT2D eigenvalue weighted by atomic mass is 10.0. The number of benzene rings is 1. The number of hydrogen-bond acceptors (Lipinski definition) is 5. The Balaban J connectivity index is 1.69. The largest absolute Gasteiger partial charge is 0.332 e. The Morgan fingerprint density at radius 2 is 1.89 bits per heavy atom. The maximum atomic E-state index is 13.1. The second-order valence-corrected chi connectivity index (χ2v) is 6.85. The van der Waals surface area contributed by atoms with E-state index in [2.05, 4.69) is 15.2 Å². The topological polar surface area (TPSA) is 101 Å². The van der Waals surface area contributed by atoms with Crippen LogP contribution in [0, 0.1) is 6.92 Å². The van der Waals surface area contributed by atoms with Crippen LogP contribution in [0.4, 0.5) is 0 Å². The normalized spacial score (nSPS) is 14.4. The van der Waals surface area contributed by atoms with Crippen molar-refractivity contribution in [2.75, 3.05) is 0 Å². The van der Waals surface area contributed by atoms with Gasteiger partial charge in [0.25, 0.3) is 11.1 Å². The van der Waals surface area contributed by atoms with Crippen molar-refractivity contribution in [2.24, 2.45) is 7.05 Å². The van der Waals surface area contributed by atoms with E-state index in [1.807, 2.05) is 6.07 Å². The third-order valence-electron chi connectivity index (χ3n) is 5.20. The molecule has 3 aromatic rings. The lowest BCUT2D eigenvalue weighted by molar-refractivity contribution is -0.133. The molecule has 1 aliphatic heterocycles. The van der Waals surface area contributed by atoms with Crippen LogP contribution in [-0.2, 0) is 24.9 Å². The fourth-order valence-electron chi connectivity index (χ4n) is 3.54. The number of aromatic nitrogens is 4. The lowest BCUT2D eigenvalue weighted by Gasteiger charge is -2.20. The van der Waals surface area contributed by atoms with E-state index in [1.165, 1.54) is 4.57 Å². The standard InChI is InChI=1S/C19H19N5O3/c1-10(16-12-6-4-5-7-13(12)17(25)22-21-16)18(26)24-8-14-15(9-24)20-11(2)23(3)19(14)27/h4-7,10H,8-9H2,1-3H3,(H,22,25)/t10-/m0/s1. The molecule has 0 radical (unpaired) electrons. The number of hydrogen-bond donors (Lipinski definition) is 1. The molecule has 1 atom stereocenters. The highest BCUT2D eigenvalue weighted by Gasteiger charge is 2.32. The fraction of sp³-hybridized carbons (Fsp3) is 0.316. The molecular weight excluding hydrogens is 346 g/mol. The molecule has 2 aromatic heterocycles. The highest BCUT2D eigenvalue weighted by Crippen LogP contribution is 2.26. The Morgan fingerprint density at radius 3 is 2.63 bits per heavy atom. The second-order valence-electron chi connectivity index (χ2n) is 6.85. The van der Waals surface area contributed by atoms with Crippen LogP contribution in [0.15, 0.2) is 33.9 Å². The zero-order chi connectivity index (χ0) is 19.3. The predicted octanol–water partition coefficient (Wildman–Crippen LogP) is 0.971. The summed E-state index contributed by atoms with van der Waals surface area (Å²) in [6, 6.07) is 7.08. The summed E-state index contributed by atoms with van der Waals surface area (Å²) in [5.41, 5.74) is 1.32. The van der Waals surface area contributed by atoms with Gasteiger partial charge in [-0.05, 0) is 19.9 Å². The van der Waals surface area contributed by atoms with Gasteiger partial charge >= 0.3 is 0 Å². The monoisotopic (exact) mass is 365 g/mol. The van der Waals surface area contributed by atoms with Gasteiger partial charge in [0.1, 0.15) is 5.82 Å². The zero-order valence-corrected chi connectivity index (χ0v) is 15.3. The molecule has 0 spiro atoms. The van der Waals surface area contributed by atoms with Crippen LogP contribution in [0.25, 0.3) is 10.8 Å². The first-order valence-corrected chi connectivity index (χ1v) is 8.70. The number of aromatic amines is 1. The molecule has 0 fully saturated rings. The minimum absolute atomic E-state index is 0.118. The van der Waals surface area contributed by atoms with Gasteiger partial charge in [-0.25, -0.2) is 10.1 Å². The number of aryl methyl sites for hydroxylation is 1. The van der Waals surface area contributed by atoms with Gasteiger partial charge < -0.3 is 4.90 Å². The van der Waals surface area contributed by atoms with Crippen molar-refractivity contribution in [3.05, 3.63) is 67.7 Å². The SMILES string of the molecule is Cc1nc2c(c(=O)n1C)CN(C(=O)[C@@H](C)c1n[nH]c(=O)c3ccccc13)C2. The summed E-state index contributed by atoms with van der Waals surface area (Å²) >= 11 is 0. The minimum Gasteiger partial charge on any atom is -0.332 e. The summed E-state index contributed by atoms with van der Waals surface area (Å²) in [6.45, 7) is 4.07. The highest BCUT2D eigenvalue weighted by atomic mass is 16.2. The van der Waals surface area contributed by atoms with E-state index in [0.717, 1.165) is 0 Å². The van der Waals surface area contributed by atoms with E-state index in [1.54, 1.807) is 44.0 Å². The number of rotatable bonds is 2. The van der Waals surface area contributed by atoms with E-state index in [9.17, 15) is 14.4 Å². The first-order chi connectivity index (χ1) is 12.9. The average molecular weight is 365 g/mol. The molecule has 1 aromatic carbocycles. The Morgan fingerprint density at radius 1 is 1.19 bits per heavy atom. The van der Waals surface area contributed by atoms with Crippen LogP contribution >= 0.6 is 0 Å². The van der Waals surface area contributed by atoms with Crippen molar-refractivity contribution in [3.63, 3.8) is 0 Å². The van der Waals surface area contributed by atoms with Crippen molar-refractivity contribution in [2.45, 2.75) is 32.9 Å². The van der Waals surface area contributed by atoms with E-state index < -0.39 is 5.92 Å². The number of fused-ring (bicyclic) bond motifs is 2. The van der Waals surface area contributed by atoms with Crippen LogP contribution in [0.1, 0.15) is 35.6 Å². The van der Waals surface area contributed by atoms with E-state index in [0.29, 0.717) is 40.1 Å². The van der Waals surface area contributed by atoms with Gasteiger partial charge in [-0.15, -0.1) is 0 Å². The van der Waals surface area contributed by atoms with Gasteiger partial charge in [-0.2, -0.15) is 5.10 Å². The maximum absolute atomic E-state index is 13.1. The Bertz CT molecular complexity index is 1190. The van der Waals surface area contributed by atoms with Crippen LogP contribution in [0.5, 0.6) is 0 Å². The number of nitrogens with one attached hydrogen (secondary N) is 1. The smallest absolute Gasteiger partial charge is 0.272 e. The molecule has 1 aliphatic rings. The lowest BCUT2D eigenvalue weighted by Crippen LogP contribution is -2.31. The molecular formula is C19H19N5O3. The predicted molar refractivity (Wildman–Crippen MR) is 99.2 cm³/mol. The molecule has 138 valence electrons. The van der Waals surface area contributed by atoms with Crippen LogP contribution in [0.2, 0.25) is 0 Å². The van der Waals surface area contributed by atoms with Crippen LogP contribution < -0.4 is 11.1 Å². The summed E-state index contributed by atoms with van der Waals surface area (Å²) in [5.74, 6) is -0.0992. The minimum atomic E-state index is -0.564. The average Bonchev–Trinajstić information content (AvgIpc) is 3.09. The summed E-state index contributed by atoms with van der Waals surface area (Å²) in [7, 11) is 1.68. The molecule has 0 aliphatic carbocycles. The molecule has 0 bridgehead atoms. The molecule has 0 saturated carbocycles. The van der Waals surface area contributed by atoms with Crippen molar-refractivity contribution >= 4 is 16.7 Å². The number of amides is 1. The Hall–Kier alpha value is -3.29. The van der Waals surface area contributed by atoms with Gasteiger partial charge in [0.2, 0.25) is 5.91 Å². The third kappa shape index (κ3) is 2.64. The number of nitrogens with zero attached hydrogens (tertiary/aromatic N) is 4. The maximum Gasteiger partial charge on any atom is 0.272 e. The fourth-order valence-corrected chi connectivity index (χ4v) is 3.54. The van der Waals surface area contributed by atoms with Crippen molar-refractivity contribution in [3.8, 4) is 0 Å². The molecule has 8 heteroatoms.